The topological polar surface area (TPSA) is 53.7 Å². The van der Waals surface area contributed by atoms with Gasteiger partial charge in [0.15, 0.2) is 5.96 Å². The summed E-state index contributed by atoms with van der Waals surface area (Å²) in [5.74, 6) is 0.819. The average Bonchev–Trinajstić information content (AvgIpc) is 3.16. The van der Waals surface area contributed by atoms with Gasteiger partial charge in [0.2, 0.25) is 0 Å². The molecule has 0 spiro atoms. The average molecular weight is 327 g/mol. The number of pyridine rings is 1. The fourth-order valence-corrected chi connectivity index (χ4v) is 3.22. The molecule has 120 valence electrons. The van der Waals surface area contributed by atoms with E-state index in [1.165, 1.54) is 9.75 Å². The summed E-state index contributed by atoms with van der Waals surface area (Å²) in [5.41, 5.74) is 2.06. The van der Waals surface area contributed by atoms with Gasteiger partial charge in [0.1, 0.15) is 5.65 Å². The van der Waals surface area contributed by atoms with Crippen molar-refractivity contribution in [2.45, 2.75) is 19.9 Å². The van der Waals surface area contributed by atoms with Crippen LogP contribution in [-0.2, 0) is 13.0 Å². The van der Waals surface area contributed by atoms with E-state index in [9.17, 15) is 0 Å². The minimum absolute atomic E-state index is 0.798. The van der Waals surface area contributed by atoms with Crippen molar-refractivity contribution in [1.29, 1.82) is 0 Å². The van der Waals surface area contributed by atoms with Gasteiger partial charge >= 0.3 is 0 Å². The lowest BCUT2D eigenvalue weighted by molar-refractivity contribution is 0.791. The van der Waals surface area contributed by atoms with E-state index in [-0.39, 0.29) is 0 Å². The predicted molar refractivity (Wildman–Crippen MR) is 96.2 cm³/mol. The molecule has 0 unspecified atom stereocenters. The van der Waals surface area contributed by atoms with Gasteiger partial charge in [-0.05, 0) is 31.2 Å². The number of aromatic nitrogens is 2. The number of hydrogen-bond donors (Lipinski definition) is 2. The molecular formula is C17H21N5S. The minimum atomic E-state index is 0.798. The Kier molecular flexibility index (Phi) is 4.92. The fraction of sp³-hybridized carbons (Fsp3) is 0.294. The van der Waals surface area contributed by atoms with Crippen molar-refractivity contribution in [2.75, 3.05) is 13.6 Å². The third kappa shape index (κ3) is 4.10. The molecule has 3 aromatic rings. The standard InChI is InChI=1S/C17H21N5S/c1-13-6-7-15(23-13)11-20-17(18-2)19-9-8-14-12-22-10-4-3-5-16(22)21-14/h3-7,10,12H,8-9,11H2,1-2H3,(H2,18,19,20). The van der Waals surface area contributed by atoms with Crippen LogP contribution in [0.25, 0.3) is 5.65 Å². The highest BCUT2D eigenvalue weighted by Gasteiger charge is 2.03. The van der Waals surface area contributed by atoms with Crippen molar-refractivity contribution >= 4 is 22.9 Å². The Labute approximate surface area is 140 Å². The minimum Gasteiger partial charge on any atom is -0.356 e. The molecule has 0 aliphatic heterocycles. The van der Waals surface area contributed by atoms with Crippen LogP contribution in [0, 0.1) is 6.92 Å². The molecule has 0 saturated carbocycles. The van der Waals surface area contributed by atoms with Gasteiger partial charge in [-0.15, -0.1) is 11.3 Å². The first-order chi connectivity index (χ1) is 11.2. The summed E-state index contributed by atoms with van der Waals surface area (Å²) in [7, 11) is 1.79. The maximum absolute atomic E-state index is 4.60. The first-order valence-corrected chi connectivity index (χ1v) is 8.49. The Morgan fingerprint density at radius 3 is 2.91 bits per heavy atom. The van der Waals surface area contributed by atoms with Crippen molar-refractivity contribution in [3.8, 4) is 0 Å². The first-order valence-electron chi connectivity index (χ1n) is 7.67. The molecule has 2 N–H and O–H groups in total. The lowest BCUT2D eigenvalue weighted by Crippen LogP contribution is -2.37. The van der Waals surface area contributed by atoms with Crippen LogP contribution in [0.2, 0.25) is 0 Å². The highest BCUT2D eigenvalue weighted by molar-refractivity contribution is 7.11. The molecule has 5 nitrogen and oxygen atoms in total. The SMILES string of the molecule is CN=C(NCCc1cn2ccccc2n1)NCc1ccc(C)s1. The van der Waals surface area contributed by atoms with E-state index in [2.05, 4.69) is 45.9 Å². The van der Waals surface area contributed by atoms with E-state index in [4.69, 9.17) is 0 Å². The molecule has 0 aliphatic rings. The summed E-state index contributed by atoms with van der Waals surface area (Å²) in [6, 6.07) is 10.3. The number of nitrogens with zero attached hydrogens (tertiary/aromatic N) is 3. The molecule has 0 saturated heterocycles. The van der Waals surface area contributed by atoms with Crippen molar-refractivity contribution in [1.82, 2.24) is 20.0 Å². The maximum atomic E-state index is 4.60. The van der Waals surface area contributed by atoms with Crippen molar-refractivity contribution < 1.29 is 0 Å². The Morgan fingerprint density at radius 1 is 1.26 bits per heavy atom. The lowest BCUT2D eigenvalue weighted by atomic mass is 10.3. The molecule has 23 heavy (non-hydrogen) atoms. The van der Waals surface area contributed by atoms with Gasteiger partial charge in [0.25, 0.3) is 0 Å². The van der Waals surface area contributed by atoms with Gasteiger partial charge in [0.05, 0.1) is 12.2 Å². The van der Waals surface area contributed by atoms with Crippen LogP contribution < -0.4 is 10.6 Å². The zero-order chi connectivity index (χ0) is 16.1. The van der Waals surface area contributed by atoms with Gasteiger partial charge in [-0.2, -0.15) is 0 Å². The summed E-state index contributed by atoms with van der Waals surface area (Å²) >= 11 is 1.81. The lowest BCUT2D eigenvalue weighted by Gasteiger charge is -2.10. The monoisotopic (exact) mass is 327 g/mol. The Morgan fingerprint density at radius 2 is 2.17 bits per heavy atom. The number of hydrogen-bond acceptors (Lipinski definition) is 3. The van der Waals surface area contributed by atoms with Crippen molar-refractivity contribution in [2.24, 2.45) is 4.99 Å². The molecule has 0 radical (unpaired) electrons. The Bertz CT molecular complexity index is 769. The largest absolute Gasteiger partial charge is 0.356 e. The number of aryl methyl sites for hydroxylation is 1. The number of nitrogens with one attached hydrogen (secondary N) is 2. The molecule has 0 atom stereocenters. The molecular weight excluding hydrogens is 306 g/mol. The molecule has 0 amide bonds. The zero-order valence-electron chi connectivity index (χ0n) is 13.4. The van der Waals surface area contributed by atoms with Crippen LogP contribution in [0.5, 0.6) is 0 Å². The van der Waals surface area contributed by atoms with Crippen LogP contribution >= 0.6 is 11.3 Å². The van der Waals surface area contributed by atoms with E-state index in [1.807, 2.05) is 28.8 Å². The van der Waals surface area contributed by atoms with Crippen molar-refractivity contribution in [3.05, 3.63) is 58.2 Å². The summed E-state index contributed by atoms with van der Waals surface area (Å²) < 4.78 is 2.04. The third-order valence-corrected chi connectivity index (χ3v) is 4.54. The second-order valence-corrected chi connectivity index (χ2v) is 6.69. The number of guanidine groups is 1. The van der Waals surface area contributed by atoms with Crippen LogP contribution in [0.3, 0.4) is 0 Å². The highest BCUT2D eigenvalue weighted by atomic mass is 32.1. The number of imidazole rings is 1. The smallest absolute Gasteiger partial charge is 0.191 e. The van der Waals surface area contributed by atoms with E-state index in [0.29, 0.717) is 0 Å². The highest BCUT2D eigenvalue weighted by Crippen LogP contribution is 2.14. The fourth-order valence-electron chi connectivity index (χ4n) is 2.39. The molecule has 6 heteroatoms. The van der Waals surface area contributed by atoms with E-state index < -0.39 is 0 Å². The van der Waals surface area contributed by atoms with Crippen LogP contribution in [0.4, 0.5) is 0 Å². The second kappa shape index (κ2) is 7.28. The second-order valence-electron chi connectivity index (χ2n) is 5.31. The van der Waals surface area contributed by atoms with Crippen LogP contribution in [0.15, 0.2) is 47.7 Å². The van der Waals surface area contributed by atoms with Gasteiger partial charge in [0, 0.05) is 42.2 Å². The molecule has 3 heterocycles. The quantitative estimate of drug-likeness (QED) is 0.559. The van der Waals surface area contributed by atoms with Gasteiger partial charge in [-0.1, -0.05) is 6.07 Å². The van der Waals surface area contributed by atoms with Gasteiger partial charge in [-0.3, -0.25) is 4.99 Å². The first kappa shape index (κ1) is 15.6. The molecule has 3 aromatic heterocycles. The molecule has 0 aliphatic carbocycles. The number of aliphatic imine (C=N–C) groups is 1. The van der Waals surface area contributed by atoms with Crippen LogP contribution in [0.1, 0.15) is 15.4 Å². The van der Waals surface area contributed by atoms with Crippen LogP contribution in [-0.4, -0.2) is 28.9 Å². The van der Waals surface area contributed by atoms with Gasteiger partial charge < -0.3 is 15.0 Å². The number of fused-ring (bicyclic) bond motifs is 1. The summed E-state index contributed by atoms with van der Waals surface area (Å²) in [4.78, 5) is 11.5. The number of thiophene rings is 1. The molecule has 0 fully saturated rings. The Balaban J connectivity index is 1.48. The number of rotatable bonds is 5. The van der Waals surface area contributed by atoms with E-state index in [0.717, 1.165) is 36.8 Å². The zero-order valence-corrected chi connectivity index (χ0v) is 14.2. The third-order valence-electron chi connectivity index (χ3n) is 3.54. The predicted octanol–water partition coefficient (Wildman–Crippen LogP) is 2.61. The van der Waals surface area contributed by atoms with E-state index in [1.54, 1.807) is 18.4 Å². The Hall–Kier alpha value is -2.34. The molecule has 3 rings (SSSR count). The normalized spacial score (nSPS) is 11.8. The molecule has 0 bridgehead atoms. The summed E-state index contributed by atoms with van der Waals surface area (Å²) in [6.07, 6.45) is 4.95. The van der Waals surface area contributed by atoms with E-state index >= 15 is 0 Å². The molecule has 0 aromatic carbocycles. The van der Waals surface area contributed by atoms with Gasteiger partial charge in [-0.25, -0.2) is 4.98 Å². The summed E-state index contributed by atoms with van der Waals surface area (Å²) in [6.45, 7) is 3.72. The van der Waals surface area contributed by atoms with Crippen molar-refractivity contribution in [3.63, 3.8) is 0 Å². The maximum Gasteiger partial charge on any atom is 0.191 e. The summed E-state index contributed by atoms with van der Waals surface area (Å²) in [5, 5.41) is 6.67.